The highest BCUT2D eigenvalue weighted by molar-refractivity contribution is 6.03. The first-order chi connectivity index (χ1) is 15.1. The van der Waals surface area contributed by atoms with Crippen LogP contribution in [0, 0.1) is 0 Å². The highest BCUT2D eigenvalue weighted by Crippen LogP contribution is 2.26. The molecule has 0 saturated carbocycles. The minimum absolute atomic E-state index is 0.0512. The lowest BCUT2D eigenvalue weighted by Crippen LogP contribution is -2.20. The van der Waals surface area contributed by atoms with Gasteiger partial charge in [-0.1, -0.05) is 48.9 Å². The molecule has 4 aromatic rings. The molecule has 3 N–H and O–H groups in total. The van der Waals surface area contributed by atoms with Gasteiger partial charge in [-0.2, -0.15) is 9.78 Å². The molecule has 4 rings (SSSR count). The number of rotatable bonds is 7. The van der Waals surface area contributed by atoms with Gasteiger partial charge in [-0.05, 0) is 33.6 Å². The molecular weight excluding hydrogens is 400 g/mol. The van der Waals surface area contributed by atoms with E-state index in [0.29, 0.717) is 17.9 Å². The maximum absolute atomic E-state index is 12.8. The molecule has 0 aliphatic carbocycles. The fraction of sp³-hybridized carbons (Fsp3) is 0.200. The van der Waals surface area contributed by atoms with Gasteiger partial charge in [-0.3, -0.25) is 4.79 Å². The summed E-state index contributed by atoms with van der Waals surface area (Å²) >= 11 is 0. The van der Waals surface area contributed by atoms with Gasteiger partial charge in [-0.15, -0.1) is 5.10 Å². The Morgan fingerprint density at radius 1 is 1.29 bits per heavy atom. The molecular formula is C20H20N8O3. The van der Waals surface area contributed by atoms with Crippen molar-refractivity contribution < 1.29 is 14.2 Å². The summed E-state index contributed by atoms with van der Waals surface area (Å²) in [6.07, 6.45) is 2.81. The van der Waals surface area contributed by atoms with Crippen LogP contribution in [0.4, 0.5) is 5.82 Å². The predicted molar refractivity (Wildman–Crippen MR) is 113 cm³/mol. The van der Waals surface area contributed by atoms with Crippen LogP contribution in [0.5, 0.6) is 5.75 Å². The Morgan fingerprint density at radius 2 is 2.13 bits per heavy atom. The summed E-state index contributed by atoms with van der Waals surface area (Å²) in [7, 11) is 1.58. The molecule has 0 radical (unpaired) electrons. The van der Waals surface area contributed by atoms with Crippen molar-refractivity contribution in [2.45, 2.75) is 19.8 Å². The van der Waals surface area contributed by atoms with E-state index in [-0.39, 0.29) is 17.3 Å². The summed E-state index contributed by atoms with van der Waals surface area (Å²) in [5, 5.41) is 21.3. The lowest BCUT2D eigenvalue weighted by atomic mass is 10.0. The summed E-state index contributed by atoms with van der Waals surface area (Å²) in [6.45, 7) is 1.97. The van der Waals surface area contributed by atoms with Crippen LogP contribution in [0.1, 0.15) is 35.1 Å². The third-order valence-electron chi connectivity index (χ3n) is 4.67. The maximum atomic E-state index is 12.8. The molecule has 158 valence electrons. The van der Waals surface area contributed by atoms with Crippen LogP contribution < -0.4 is 15.9 Å². The summed E-state index contributed by atoms with van der Waals surface area (Å²) in [6, 6.07) is 11.6. The highest BCUT2D eigenvalue weighted by atomic mass is 16.6. The number of aromatic nitrogens is 5. The third-order valence-corrected chi connectivity index (χ3v) is 4.67. The van der Waals surface area contributed by atoms with Crippen LogP contribution in [-0.2, 0) is 6.42 Å². The number of amides is 1. The van der Waals surface area contributed by atoms with Crippen molar-refractivity contribution in [1.82, 2.24) is 30.7 Å². The van der Waals surface area contributed by atoms with Gasteiger partial charge < -0.3 is 10.5 Å². The molecule has 0 saturated heterocycles. The minimum Gasteiger partial charge on any atom is -0.496 e. The topological polar surface area (TPSA) is 146 Å². The number of carbonyl (C=O) groups is 1. The maximum Gasteiger partial charge on any atom is 0.293 e. The van der Waals surface area contributed by atoms with Gasteiger partial charge in [-0.25, -0.2) is 10.1 Å². The van der Waals surface area contributed by atoms with Gasteiger partial charge in [0, 0.05) is 5.56 Å². The van der Waals surface area contributed by atoms with E-state index < -0.39 is 5.91 Å². The molecule has 2 aromatic carbocycles. The van der Waals surface area contributed by atoms with Gasteiger partial charge >= 0.3 is 0 Å². The van der Waals surface area contributed by atoms with E-state index in [1.165, 1.54) is 4.68 Å². The van der Waals surface area contributed by atoms with Crippen LogP contribution in [0.2, 0.25) is 0 Å². The number of ether oxygens (including phenoxy) is 1. The van der Waals surface area contributed by atoms with Crippen molar-refractivity contribution in [2.75, 3.05) is 12.8 Å². The molecule has 11 nitrogen and oxygen atoms in total. The number of nitrogen functional groups attached to an aromatic ring is 1. The first-order valence-electron chi connectivity index (χ1n) is 9.56. The van der Waals surface area contributed by atoms with Crippen molar-refractivity contribution in [3.63, 3.8) is 0 Å². The predicted octanol–water partition coefficient (Wildman–Crippen LogP) is 2.11. The van der Waals surface area contributed by atoms with Gasteiger partial charge in [0.1, 0.15) is 5.75 Å². The molecule has 2 aromatic heterocycles. The number of methoxy groups -OCH3 is 1. The zero-order chi connectivity index (χ0) is 21.8. The highest BCUT2D eigenvalue weighted by Gasteiger charge is 2.23. The summed E-state index contributed by atoms with van der Waals surface area (Å²) in [5.74, 6) is 0.359. The second-order valence-electron chi connectivity index (χ2n) is 6.62. The van der Waals surface area contributed by atoms with Gasteiger partial charge in [0.2, 0.25) is 11.6 Å². The SMILES string of the molecule is CCCc1c(C(=O)NN=Cc2c(OC)ccc3ccccc23)nnn1-c1nonc1N. The molecule has 0 atom stereocenters. The standard InChI is InChI=1S/C20H20N8O3/c1-3-6-15-17(23-27-28(15)19-18(21)25-31-26-19)20(29)24-22-11-14-13-8-5-4-7-12(13)9-10-16(14)30-2/h4-5,7-11H,3,6H2,1-2H3,(H2,21,25)(H,24,29). The van der Waals surface area contributed by atoms with E-state index in [2.05, 4.69) is 35.8 Å². The Bertz CT molecular complexity index is 1260. The van der Waals surface area contributed by atoms with E-state index in [0.717, 1.165) is 22.8 Å². The molecule has 0 aliphatic rings. The molecule has 0 fully saturated rings. The third kappa shape index (κ3) is 3.80. The van der Waals surface area contributed by atoms with Gasteiger partial charge in [0.15, 0.2) is 5.69 Å². The Hall–Kier alpha value is -4.28. The normalized spacial score (nSPS) is 11.3. The first kappa shape index (κ1) is 20.0. The number of hydrogen-bond acceptors (Lipinski definition) is 9. The summed E-state index contributed by atoms with van der Waals surface area (Å²) in [4.78, 5) is 12.8. The molecule has 2 heterocycles. The number of anilines is 1. The molecule has 0 spiro atoms. The fourth-order valence-corrected chi connectivity index (χ4v) is 3.24. The quantitative estimate of drug-likeness (QED) is 0.341. The monoisotopic (exact) mass is 420 g/mol. The van der Waals surface area contributed by atoms with Crippen LogP contribution in [0.3, 0.4) is 0 Å². The van der Waals surface area contributed by atoms with Gasteiger partial charge in [0.05, 0.1) is 19.0 Å². The zero-order valence-corrected chi connectivity index (χ0v) is 16.9. The number of nitrogens with two attached hydrogens (primary N) is 1. The zero-order valence-electron chi connectivity index (χ0n) is 16.9. The van der Waals surface area contributed by atoms with Crippen molar-refractivity contribution in [3.05, 3.63) is 53.3 Å². The number of carbonyl (C=O) groups excluding carboxylic acids is 1. The number of nitrogens with one attached hydrogen (secondary N) is 1. The number of fused-ring (bicyclic) bond motifs is 1. The van der Waals surface area contributed by atoms with Crippen LogP contribution >= 0.6 is 0 Å². The number of nitrogens with zero attached hydrogens (tertiary/aromatic N) is 6. The Morgan fingerprint density at radius 3 is 2.87 bits per heavy atom. The Balaban J connectivity index is 1.62. The summed E-state index contributed by atoms with van der Waals surface area (Å²) in [5.41, 5.74) is 9.65. The van der Waals surface area contributed by atoms with E-state index in [4.69, 9.17) is 10.5 Å². The van der Waals surface area contributed by atoms with Crippen LogP contribution in [0.15, 0.2) is 46.1 Å². The molecule has 0 bridgehead atoms. The summed E-state index contributed by atoms with van der Waals surface area (Å²) < 4.78 is 11.4. The van der Waals surface area contributed by atoms with Crippen molar-refractivity contribution in [1.29, 1.82) is 0 Å². The van der Waals surface area contributed by atoms with Crippen molar-refractivity contribution in [3.8, 4) is 11.6 Å². The molecule has 11 heteroatoms. The van der Waals surface area contributed by atoms with Crippen molar-refractivity contribution >= 4 is 28.7 Å². The second kappa shape index (κ2) is 8.61. The van der Waals surface area contributed by atoms with Crippen molar-refractivity contribution in [2.24, 2.45) is 5.10 Å². The van der Waals surface area contributed by atoms with E-state index in [1.807, 2.05) is 43.3 Å². The average molecular weight is 420 g/mol. The minimum atomic E-state index is -0.514. The molecule has 1 amide bonds. The smallest absolute Gasteiger partial charge is 0.293 e. The number of hydrazone groups is 1. The fourth-order valence-electron chi connectivity index (χ4n) is 3.24. The average Bonchev–Trinajstić information content (AvgIpc) is 3.39. The van der Waals surface area contributed by atoms with Crippen LogP contribution in [-0.4, -0.2) is 44.5 Å². The Kier molecular flexibility index (Phi) is 5.56. The first-order valence-corrected chi connectivity index (χ1v) is 9.56. The lowest BCUT2D eigenvalue weighted by molar-refractivity contribution is 0.0949. The molecule has 0 unspecified atom stereocenters. The number of benzene rings is 2. The largest absolute Gasteiger partial charge is 0.496 e. The van der Waals surface area contributed by atoms with Crippen LogP contribution in [0.25, 0.3) is 16.6 Å². The molecule has 31 heavy (non-hydrogen) atoms. The van der Waals surface area contributed by atoms with E-state index in [1.54, 1.807) is 13.3 Å². The molecule has 0 aliphatic heterocycles. The second-order valence-corrected chi connectivity index (χ2v) is 6.62. The number of hydrogen-bond donors (Lipinski definition) is 2. The van der Waals surface area contributed by atoms with Gasteiger partial charge in [0.25, 0.3) is 5.91 Å². The lowest BCUT2D eigenvalue weighted by Gasteiger charge is -2.08. The van der Waals surface area contributed by atoms with E-state index >= 15 is 0 Å². The Labute approximate surface area is 176 Å². The van der Waals surface area contributed by atoms with E-state index in [9.17, 15) is 4.79 Å².